The van der Waals surface area contributed by atoms with Gasteiger partial charge in [0.2, 0.25) is 0 Å². The van der Waals surface area contributed by atoms with E-state index in [9.17, 15) is 4.79 Å². The molecular weight excluding hydrogens is 164 g/mol. The molecule has 0 radical (unpaired) electrons. The van der Waals surface area contributed by atoms with Crippen molar-refractivity contribution in [3.8, 4) is 0 Å². The number of rotatable bonds is 2. The summed E-state index contributed by atoms with van der Waals surface area (Å²) in [5.41, 5.74) is 6.03. The van der Waals surface area contributed by atoms with Crippen LogP contribution in [0.4, 0.5) is 5.82 Å². The molecule has 1 aliphatic rings. The molecular formula is C10H12N2O. The molecule has 2 N–H and O–H groups in total. The smallest absolute Gasteiger partial charge is 0.172 e. The van der Waals surface area contributed by atoms with Gasteiger partial charge in [-0.15, -0.1) is 0 Å². The quantitative estimate of drug-likeness (QED) is 0.697. The number of Topliss-reactive ketones (excluding diaryl/α,β-unsaturated/α-hetero) is 1. The van der Waals surface area contributed by atoms with Crippen molar-refractivity contribution < 1.29 is 4.79 Å². The van der Waals surface area contributed by atoms with Gasteiger partial charge in [0.25, 0.3) is 0 Å². The summed E-state index contributed by atoms with van der Waals surface area (Å²) in [6.07, 6.45) is 3.54. The first-order valence-corrected chi connectivity index (χ1v) is 4.39. The van der Waals surface area contributed by atoms with Gasteiger partial charge in [0.1, 0.15) is 5.82 Å². The van der Waals surface area contributed by atoms with Crippen LogP contribution in [-0.4, -0.2) is 10.8 Å². The SMILES string of the molecule is CC1(C(=O)c2cccnc2N)CC1. The summed E-state index contributed by atoms with van der Waals surface area (Å²) in [5, 5.41) is 0. The van der Waals surface area contributed by atoms with Crippen molar-refractivity contribution in [1.82, 2.24) is 4.98 Å². The average molecular weight is 176 g/mol. The van der Waals surface area contributed by atoms with Gasteiger partial charge in [0.05, 0.1) is 5.56 Å². The third kappa shape index (κ3) is 1.30. The molecule has 0 spiro atoms. The first-order chi connectivity index (χ1) is 6.13. The standard InChI is InChI=1S/C10H12N2O/c1-10(4-5-10)8(13)7-3-2-6-12-9(7)11/h2-3,6H,4-5H2,1H3,(H2,11,12). The largest absolute Gasteiger partial charge is 0.383 e. The number of pyridine rings is 1. The zero-order chi connectivity index (χ0) is 9.47. The maximum absolute atomic E-state index is 11.8. The first kappa shape index (κ1) is 8.23. The van der Waals surface area contributed by atoms with Gasteiger partial charge in [-0.25, -0.2) is 4.98 Å². The molecule has 1 saturated carbocycles. The highest BCUT2D eigenvalue weighted by atomic mass is 16.1. The van der Waals surface area contributed by atoms with Gasteiger partial charge >= 0.3 is 0 Å². The Hall–Kier alpha value is -1.38. The topological polar surface area (TPSA) is 56.0 Å². The molecule has 1 heterocycles. The Bertz CT molecular complexity index is 356. The van der Waals surface area contributed by atoms with Crippen LogP contribution in [0, 0.1) is 5.41 Å². The summed E-state index contributed by atoms with van der Waals surface area (Å²) in [6, 6.07) is 3.49. The highest BCUT2D eigenvalue weighted by Gasteiger charge is 2.45. The van der Waals surface area contributed by atoms with E-state index in [0.717, 1.165) is 12.8 Å². The number of nitrogens with zero attached hydrogens (tertiary/aromatic N) is 1. The summed E-state index contributed by atoms with van der Waals surface area (Å²) in [5.74, 6) is 0.485. The predicted octanol–water partition coefficient (Wildman–Crippen LogP) is 1.65. The molecule has 0 aliphatic heterocycles. The Kier molecular flexibility index (Phi) is 1.62. The number of hydrogen-bond acceptors (Lipinski definition) is 3. The first-order valence-electron chi connectivity index (χ1n) is 4.39. The van der Waals surface area contributed by atoms with E-state index in [1.54, 1.807) is 18.3 Å². The lowest BCUT2D eigenvalue weighted by Gasteiger charge is -2.07. The summed E-state index contributed by atoms with van der Waals surface area (Å²) in [6.45, 7) is 1.97. The highest BCUT2D eigenvalue weighted by molar-refractivity contribution is 6.05. The molecule has 3 heteroatoms. The molecule has 0 saturated heterocycles. The van der Waals surface area contributed by atoms with Crippen LogP contribution < -0.4 is 5.73 Å². The van der Waals surface area contributed by atoms with Crippen molar-refractivity contribution in [1.29, 1.82) is 0 Å². The maximum atomic E-state index is 11.8. The second kappa shape index (κ2) is 2.55. The molecule has 1 aliphatic carbocycles. The number of carbonyl (C=O) groups is 1. The zero-order valence-electron chi connectivity index (χ0n) is 7.58. The third-order valence-corrected chi connectivity index (χ3v) is 2.63. The monoisotopic (exact) mass is 176 g/mol. The lowest BCUT2D eigenvalue weighted by Crippen LogP contribution is -2.14. The van der Waals surface area contributed by atoms with Gasteiger partial charge in [0.15, 0.2) is 5.78 Å². The Balaban J connectivity index is 2.36. The van der Waals surface area contributed by atoms with Crippen LogP contribution in [0.1, 0.15) is 30.1 Å². The number of hydrogen-bond donors (Lipinski definition) is 1. The third-order valence-electron chi connectivity index (χ3n) is 2.63. The van der Waals surface area contributed by atoms with E-state index < -0.39 is 0 Å². The fraction of sp³-hybridized carbons (Fsp3) is 0.400. The molecule has 3 nitrogen and oxygen atoms in total. The summed E-state index contributed by atoms with van der Waals surface area (Å²) >= 11 is 0. The van der Waals surface area contributed by atoms with Gasteiger partial charge < -0.3 is 5.73 Å². The lowest BCUT2D eigenvalue weighted by atomic mass is 9.97. The zero-order valence-corrected chi connectivity index (χ0v) is 7.58. The van der Waals surface area contributed by atoms with Crippen molar-refractivity contribution in [3.63, 3.8) is 0 Å². The fourth-order valence-corrected chi connectivity index (χ4v) is 1.35. The number of carbonyl (C=O) groups excluding carboxylic acids is 1. The van der Waals surface area contributed by atoms with E-state index in [-0.39, 0.29) is 11.2 Å². The number of nitrogen functional groups attached to an aromatic ring is 1. The van der Waals surface area contributed by atoms with Crippen molar-refractivity contribution in [3.05, 3.63) is 23.9 Å². The van der Waals surface area contributed by atoms with Crippen LogP contribution >= 0.6 is 0 Å². The van der Waals surface area contributed by atoms with Crippen LogP contribution in [0.3, 0.4) is 0 Å². The van der Waals surface area contributed by atoms with Crippen LogP contribution in [0.2, 0.25) is 0 Å². The molecule has 0 unspecified atom stereocenters. The van der Waals surface area contributed by atoms with Gasteiger partial charge in [-0.2, -0.15) is 0 Å². The van der Waals surface area contributed by atoms with Gasteiger partial charge in [-0.05, 0) is 25.0 Å². The van der Waals surface area contributed by atoms with Crippen molar-refractivity contribution >= 4 is 11.6 Å². The van der Waals surface area contributed by atoms with Crippen molar-refractivity contribution in [2.75, 3.05) is 5.73 Å². The van der Waals surface area contributed by atoms with Gasteiger partial charge in [-0.3, -0.25) is 4.79 Å². The minimum atomic E-state index is -0.156. The second-order valence-electron chi connectivity index (χ2n) is 3.83. The van der Waals surface area contributed by atoms with E-state index in [2.05, 4.69) is 4.98 Å². The Morgan fingerprint density at radius 3 is 2.85 bits per heavy atom. The normalized spacial score (nSPS) is 18.2. The molecule has 2 rings (SSSR count). The van der Waals surface area contributed by atoms with Gasteiger partial charge in [-0.1, -0.05) is 6.92 Å². The number of aromatic nitrogens is 1. The molecule has 0 bridgehead atoms. The van der Waals surface area contributed by atoms with Crippen LogP contribution in [0.5, 0.6) is 0 Å². The number of anilines is 1. The molecule has 0 amide bonds. The fourth-order valence-electron chi connectivity index (χ4n) is 1.35. The van der Waals surface area contributed by atoms with E-state index in [0.29, 0.717) is 11.4 Å². The Morgan fingerprint density at radius 2 is 2.31 bits per heavy atom. The Labute approximate surface area is 77.0 Å². The number of nitrogens with two attached hydrogens (primary N) is 1. The minimum absolute atomic E-state index is 0.137. The van der Waals surface area contributed by atoms with Crippen LogP contribution in [-0.2, 0) is 0 Å². The highest BCUT2D eigenvalue weighted by Crippen LogP contribution is 2.47. The molecule has 13 heavy (non-hydrogen) atoms. The number of ketones is 1. The molecule has 68 valence electrons. The average Bonchev–Trinajstić information content (AvgIpc) is 2.85. The molecule has 0 atom stereocenters. The Morgan fingerprint density at radius 1 is 1.62 bits per heavy atom. The predicted molar refractivity (Wildman–Crippen MR) is 50.3 cm³/mol. The summed E-state index contributed by atoms with van der Waals surface area (Å²) in [7, 11) is 0. The lowest BCUT2D eigenvalue weighted by molar-refractivity contribution is 0.0913. The maximum Gasteiger partial charge on any atom is 0.172 e. The van der Waals surface area contributed by atoms with E-state index in [1.807, 2.05) is 6.92 Å². The van der Waals surface area contributed by atoms with Crippen molar-refractivity contribution in [2.24, 2.45) is 5.41 Å². The summed E-state index contributed by atoms with van der Waals surface area (Å²) in [4.78, 5) is 15.7. The van der Waals surface area contributed by atoms with Crippen LogP contribution in [0.15, 0.2) is 18.3 Å². The van der Waals surface area contributed by atoms with E-state index >= 15 is 0 Å². The molecule has 1 aromatic rings. The minimum Gasteiger partial charge on any atom is -0.383 e. The summed E-state index contributed by atoms with van der Waals surface area (Å²) < 4.78 is 0. The van der Waals surface area contributed by atoms with E-state index in [1.165, 1.54) is 0 Å². The van der Waals surface area contributed by atoms with Crippen LogP contribution in [0.25, 0.3) is 0 Å². The molecule has 1 fully saturated rings. The van der Waals surface area contributed by atoms with Gasteiger partial charge in [0, 0.05) is 11.6 Å². The molecule has 0 aromatic carbocycles. The second-order valence-corrected chi connectivity index (χ2v) is 3.83. The van der Waals surface area contributed by atoms with Crippen molar-refractivity contribution in [2.45, 2.75) is 19.8 Å². The molecule has 1 aromatic heterocycles. The van der Waals surface area contributed by atoms with E-state index in [4.69, 9.17) is 5.73 Å².